The molecule has 0 aliphatic carbocycles. The maximum Gasteiger partial charge on any atom is 0.153 e. The highest BCUT2D eigenvalue weighted by Gasteiger charge is 1.99. The minimum atomic E-state index is 1.03. The van der Waals surface area contributed by atoms with Gasteiger partial charge in [0.15, 0.2) is 5.65 Å². The van der Waals surface area contributed by atoms with Crippen molar-refractivity contribution in [1.82, 2.24) is 19.6 Å². The molecule has 0 aromatic carbocycles. The zero-order chi connectivity index (χ0) is 7.14. The number of aryl methyl sites for hydroxylation is 2. The SMILES string of the molecule is Cc1cc2n(C)nnn2c1. The standard InChI is InChI=1S/C6H8N4/c1-5-3-6-9(2)7-8-10(6)4-5/h3-4H,1-2H3. The summed E-state index contributed by atoms with van der Waals surface area (Å²) in [5.74, 6) is 0. The molecule has 0 atom stereocenters. The topological polar surface area (TPSA) is 35.1 Å². The molecular formula is C6H8N4. The van der Waals surface area contributed by atoms with Gasteiger partial charge in [-0.05, 0) is 29.0 Å². The smallest absolute Gasteiger partial charge is 0.153 e. The molecular weight excluding hydrogens is 128 g/mol. The minimum Gasteiger partial charge on any atom is -0.231 e. The summed E-state index contributed by atoms with van der Waals surface area (Å²) < 4.78 is 3.50. The number of aromatic nitrogens is 4. The second kappa shape index (κ2) is 1.59. The van der Waals surface area contributed by atoms with Crippen molar-refractivity contribution in [3.05, 3.63) is 17.8 Å². The lowest BCUT2D eigenvalue weighted by molar-refractivity contribution is 0.711. The van der Waals surface area contributed by atoms with Crippen LogP contribution in [0.25, 0.3) is 5.65 Å². The molecule has 0 bridgehead atoms. The second-order valence-corrected chi connectivity index (χ2v) is 2.42. The quantitative estimate of drug-likeness (QED) is 0.524. The molecule has 0 fully saturated rings. The van der Waals surface area contributed by atoms with E-state index >= 15 is 0 Å². The van der Waals surface area contributed by atoms with E-state index in [1.807, 2.05) is 26.2 Å². The van der Waals surface area contributed by atoms with Crippen LogP contribution in [0.5, 0.6) is 0 Å². The van der Waals surface area contributed by atoms with Crippen LogP contribution in [0.2, 0.25) is 0 Å². The lowest BCUT2D eigenvalue weighted by Gasteiger charge is -1.81. The molecule has 0 unspecified atom stereocenters. The highest BCUT2D eigenvalue weighted by molar-refractivity contribution is 5.40. The lowest BCUT2D eigenvalue weighted by Crippen LogP contribution is -1.88. The second-order valence-electron chi connectivity index (χ2n) is 2.42. The van der Waals surface area contributed by atoms with Crippen LogP contribution in [0.4, 0.5) is 0 Å². The summed E-state index contributed by atoms with van der Waals surface area (Å²) >= 11 is 0. The Balaban J connectivity index is 2.90. The number of rotatable bonds is 0. The van der Waals surface area contributed by atoms with E-state index in [2.05, 4.69) is 10.4 Å². The van der Waals surface area contributed by atoms with Crippen molar-refractivity contribution in [3.63, 3.8) is 0 Å². The van der Waals surface area contributed by atoms with Gasteiger partial charge in [-0.2, -0.15) is 0 Å². The zero-order valence-electron chi connectivity index (χ0n) is 5.94. The van der Waals surface area contributed by atoms with E-state index < -0.39 is 0 Å². The fourth-order valence-electron chi connectivity index (χ4n) is 1.03. The van der Waals surface area contributed by atoms with Crippen LogP contribution in [0, 0.1) is 6.92 Å². The first kappa shape index (κ1) is 5.46. The third kappa shape index (κ3) is 0.556. The molecule has 2 rings (SSSR count). The highest BCUT2D eigenvalue weighted by Crippen LogP contribution is 2.04. The Morgan fingerprint density at radius 2 is 2.20 bits per heavy atom. The molecule has 0 radical (unpaired) electrons. The Morgan fingerprint density at radius 3 is 2.90 bits per heavy atom. The van der Waals surface area contributed by atoms with Crippen molar-refractivity contribution < 1.29 is 0 Å². The van der Waals surface area contributed by atoms with E-state index in [1.165, 1.54) is 5.56 Å². The number of fused-ring (bicyclic) bond motifs is 1. The van der Waals surface area contributed by atoms with Crippen molar-refractivity contribution in [3.8, 4) is 0 Å². The molecule has 52 valence electrons. The van der Waals surface area contributed by atoms with Crippen molar-refractivity contribution in [2.45, 2.75) is 6.92 Å². The maximum atomic E-state index is 3.87. The van der Waals surface area contributed by atoms with Gasteiger partial charge in [0.2, 0.25) is 0 Å². The van der Waals surface area contributed by atoms with E-state index in [4.69, 9.17) is 0 Å². The van der Waals surface area contributed by atoms with E-state index in [1.54, 1.807) is 9.20 Å². The van der Waals surface area contributed by atoms with E-state index in [0.29, 0.717) is 0 Å². The van der Waals surface area contributed by atoms with Crippen LogP contribution < -0.4 is 0 Å². The first-order valence-electron chi connectivity index (χ1n) is 3.12. The third-order valence-corrected chi connectivity index (χ3v) is 1.52. The summed E-state index contributed by atoms with van der Waals surface area (Å²) in [4.78, 5) is 0. The van der Waals surface area contributed by atoms with Crippen molar-refractivity contribution in [2.75, 3.05) is 0 Å². The van der Waals surface area contributed by atoms with Crippen LogP contribution in [-0.2, 0) is 7.05 Å². The van der Waals surface area contributed by atoms with Crippen molar-refractivity contribution in [2.24, 2.45) is 7.05 Å². The van der Waals surface area contributed by atoms with Crippen LogP contribution in [0.1, 0.15) is 5.56 Å². The zero-order valence-corrected chi connectivity index (χ0v) is 5.94. The van der Waals surface area contributed by atoms with Gasteiger partial charge in [-0.25, -0.2) is 9.20 Å². The minimum absolute atomic E-state index is 1.03. The summed E-state index contributed by atoms with van der Waals surface area (Å²) in [6, 6.07) is 2.04. The van der Waals surface area contributed by atoms with Crippen molar-refractivity contribution in [1.29, 1.82) is 0 Å². The summed E-state index contributed by atoms with van der Waals surface area (Å²) in [5.41, 5.74) is 2.23. The molecule has 0 N–H and O–H groups in total. The number of hydrogen-bond acceptors (Lipinski definition) is 2. The van der Waals surface area contributed by atoms with Gasteiger partial charge in [-0.1, -0.05) is 0 Å². The summed E-state index contributed by atoms with van der Waals surface area (Å²) in [7, 11) is 1.88. The largest absolute Gasteiger partial charge is 0.231 e. The van der Waals surface area contributed by atoms with Gasteiger partial charge >= 0.3 is 0 Å². The lowest BCUT2D eigenvalue weighted by atomic mass is 10.4. The maximum absolute atomic E-state index is 3.87. The van der Waals surface area contributed by atoms with Gasteiger partial charge in [-0.3, -0.25) is 0 Å². The van der Waals surface area contributed by atoms with Gasteiger partial charge < -0.3 is 0 Å². The van der Waals surface area contributed by atoms with Gasteiger partial charge in [0.05, 0.1) is 0 Å². The number of tetrazole rings is 1. The normalized spacial score (nSPS) is 11.0. The fraction of sp³-hybridized carbons (Fsp3) is 0.333. The van der Waals surface area contributed by atoms with Gasteiger partial charge in [-0.15, -0.1) is 0 Å². The Labute approximate surface area is 58.0 Å². The van der Waals surface area contributed by atoms with E-state index in [0.717, 1.165) is 5.65 Å². The Bertz CT molecular complexity index is 357. The van der Waals surface area contributed by atoms with Crippen LogP contribution in [0.15, 0.2) is 12.3 Å². The van der Waals surface area contributed by atoms with Gasteiger partial charge in [0.25, 0.3) is 0 Å². The average molecular weight is 136 g/mol. The fourth-order valence-corrected chi connectivity index (χ4v) is 1.03. The molecule has 2 aromatic heterocycles. The third-order valence-electron chi connectivity index (χ3n) is 1.52. The summed E-state index contributed by atoms with van der Waals surface area (Å²) in [6.07, 6.45) is 1.95. The predicted octanol–water partition coefficient (Wildman–Crippen LogP) is 0.376. The molecule has 0 aliphatic heterocycles. The van der Waals surface area contributed by atoms with Gasteiger partial charge in [0.1, 0.15) is 0 Å². The highest BCUT2D eigenvalue weighted by atomic mass is 15.6. The molecule has 4 heteroatoms. The average Bonchev–Trinajstić information content (AvgIpc) is 2.35. The predicted molar refractivity (Wildman–Crippen MR) is 36.7 cm³/mol. The van der Waals surface area contributed by atoms with Crippen LogP contribution in [-0.4, -0.2) is 19.6 Å². The van der Waals surface area contributed by atoms with Crippen molar-refractivity contribution >= 4 is 5.65 Å². The molecule has 0 amide bonds. The Kier molecular flexibility index (Phi) is 0.869. The molecule has 2 aromatic rings. The van der Waals surface area contributed by atoms with Gasteiger partial charge in [0, 0.05) is 13.2 Å². The van der Waals surface area contributed by atoms with E-state index in [-0.39, 0.29) is 0 Å². The first-order valence-corrected chi connectivity index (χ1v) is 3.12. The Hall–Kier alpha value is -1.32. The van der Waals surface area contributed by atoms with Crippen LogP contribution in [0.3, 0.4) is 0 Å². The molecule has 0 spiro atoms. The Morgan fingerprint density at radius 1 is 1.40 bits per heavy atom. The molecule has 0 saturated heterocycles. The molecule has 4 nitrogen and oxygen atoms in total. The van der Waals surface area contributed by atoms with E-state index in [9.17, 15) is 0 Å². The monoisotopic (exact) mass is 136 g/mol. The summed E-state index contributed by atoms with van der Waals surface area (Å²) in [6.45, 7) is 2.04. The molecule has 10 heavy (non-hydrogen) atoms. The molecule has 2 heterocycles. The van der Waals surface area contributed by atoms with Crippen LogP contribution >= 0.6 is 0 Å². The molecule has 0 saturated carbocycles. The summed E-state index contributed by atoms with van der Waals surface area (Å²) in [5, 5.41) is 7.70. The number of nitrogens with zero attached hydrogens (tertiary/aromatic N) is 4. The molecule has 0 aliphatic rings. The number of hydrogen-bond donors (Lipinski definition) is 0. The first-order chi connectivity index (χ1) is 4.77.